The molecule has 90 valence electrons. The van der Waals surface area contributed by atoms with Crippen LogP contribution < -0.4 is 5.32 Å². The summed E-state index contributed by atoms with van der Waals surface area (Å²) in [6.07, 6.45) is 0.496. The van der Waals surface area contributed by atoms with Crippen molar-refractivity contribution in [3.63, 3.8) is 0 Å². The van der Waals surface area contributed by atoms with Crippen LogP contribution in [-0.4, -0.2) is 49.6 Å². The fourth-order valence-corrected chi connectivity index (χ4v) is 2.04. The number of aliphatic carboxylic acids is 1. The lowest BCUT2D eigenvalue weighted by Gasteiger charge is -2.23. The van der Waals surface area contributed by atoms with Crippen molar-refractivity contribution in [3.05, 3.63) is 0 Å². The first-order chi connectivity index (χ1) is 7.49. The summed E-state index contributed by atoms with van der Waals surface area (Å²) in [6.45, 7) is 1.66. The maximum absolute atomic E-state index is 11.0. The summed E-state index contributed by atoms with van der Waals surface area (Å²) in [5.41, 5.74) is -0.904. The van der Waals surface area contributed by atoms with Gasteiger partial charge in [0.2, 0.25) is 5.16 Å². The summed E-state index contributed by atoms with van der Waals surface area (Å²) in [6, 6.07) is 0. The van der Waals surface area contributed by atoms with Gasteiger partial charge < -0.3 is 10.4 Å². The highest BCUT2D eigenvalue weighted by Gasteiger charge is 2.30. The molecule has 0 aliphatic heterocycles. The van der Waals surface area contributed by atoms with Crippen LogP contribution in [0.25, 0.3) is 0 Å². The topological polar surface area (TPSA) is 92.9 Å². The lowest BCUT2D eigenvalue weighted by Crippen LogP contribution is -2.47. The SMILES string of the molecule is CNC(C)(CCSc1nnnn1C)C(=O)O. The molecule has 0 spiro atoms. The molecule has 1 atom stereocenters. The largest absolute Gasteiger partial charge is 0.480 e. The Morgan fingerprint density at radius 2 is 2.38 bits per heavy atom. The van der Waals surface area contributed by atoms with E-state index in [0.29, 0.717) is 17.3 Å². The normalized spacial score (nSPS) is 14.7. The number of nitrogens with zero attached hydrogens (tertiary/aromatic N) is 4. The second-order valence-corrected chi connectivity index (χ2v) is 4.63. The molecular formula is C8H15N5O2S. The van der Waals surface area contributed by atoms with Crippen LogP contribution in [0.3, 0.4) is 0 Å². The van der Waals surface area contributed by atoms with Gasteiger partial charge in [0.15, 0.2) is 0 Å². The molecule has 0 aliphatic rings. The van der Waals surface area contributed by atoms with Gasteiger partial charge in [0.05, 0.1) is 0 Å². The van der Waals surface area contributed by atoms with Gasteiger partial charge in [-0.3, -0.25) is 4.79 Å². The number of hydrogen-bond acceptors (Lipinski definition) is 6. The zero-order chi connectivity index (χ0) is 12.2. The Morgan fingerprint density at radius 1 is 1.69 bits per heavy atom. The number of carbonyl (C=O) groups is 1. The summed E-state index contributed by atoms with van der Waals surface area (Å²) >= 11 is 1.44. The molecule has 0 amide bonds. The summed E-state index contributed by atoms with van der Waals surface area (Å²) in [7, 11) is 3.39. The van der Waals surface area contributed by atoms with E-state index in [-0.39, 0.29) is 0 Å². The first-order valence-corrected chi connectivity index (χ1v) is 5.75. The van der Waals surface area contributed by atoms with Gasteiger partial charge in [0.25, 0.3) is 0 Å². The minimum absolute atomic E-state index is 0.496. The van der Waals surface area contributed by atoms with E-state index in [2.05, 4.69) is 20.8 Å². The van der Waals surface area contributed by atoms with E-state index in [0.717, 1.165) is 0 Å². The molecule has 0 bridgehead atoms. The fraction of sp³-hybridized carbons (Fsp3) is 0.750. The molecule has 1 unspecified atom stereocenters. The number of rotatable bonds is 6. The van der Waals surface area contributed by atoms with E-state index in [1.54, 1.807) is 25.7 Å². The molecule has 8 heteroatoms. The van der Waals surface area contributed by atoms with Crippen LogP contribution in [0.5, 0.6) is 0 Å². The van der Waals surface area contributed by atoms with Gasteiger partial charge in [-0.1, -0.05) is 11.8 Å². The maximum Gasteiger partial charge on any atom is 0.323 e. The molecule has 0 radical (unpaired) electrons. The molecule has 0 saturated heterocycles. The van der Waals surface area contributed by atoms with Crippen LogP contribution in [0.15, 0.2) is 5.16 Å². The van der Waals surface area contributed by atoms with Crippen LogP contribution in [0.4, 0.5) is 0 Å². The van der Waals surface area contributed by atoms with Gasteiger partial charge in [-0.15, -0.1) is 5.10 Å². The molecule has 0 fully saturated rings. The fourth-order valence-electron chi connectivity index (χ4n) is 1.03. The zero-order valence-electron chi connectivity index (χ0n) is 9.47. The van der Waals surface area contributed by atoms with Crippen LogP contribution in [-0.2, 0) is 11.8 Å². The standard InChI is InChI=1S/C8H15N5O2S/c1-8(9-2,6(14)15)4-5-16-7-10-11-12-13(7)3/h9H,4-5H2,1-3H3,(H,14,15). The molecule has 2 N–H and O–H groups in total. The first-order valence-electron chi connectivity index (χ1n) is 4.77. The van der Waals surface area contributed by atoms with Gasteiger partial charge in [-0.25, -0.2) is 4.68 Å². The summed E-state index contributed by atoms with van der Waals surface area (Å²) in [5, 5.41) is 23.5. The minimum atomic E-state index is -0.904. The van der Waals surface area contributed by atoms with Crippen LogP contribution in [0, 0.1) is 0 Å². The van der Waals surface area contributed by atoms with Crippen molar-refractivity contribution < 1.29 is 9.90 Å². The predicted octanol–water partition coefficient (Wildman–Crippen LogP) is -0.245. The molecule has 0 aliphatic carbocycles. The van der Waals surface area contributed by atoms with Crippen molar-refractivity contribution in [2.45, 2.75) is 24.0 Å². The number of tetrazole rings is 1. The van der Waals surface area contributed by atoms with Crippen molar-refractivity contribution in [1.82, 2.24) is 25.5 Å². The van der Waals surface area contributed by atoms with Crippen molar-refractivity contribution in [2.75, 3.05) is 12.8 Å². The number of likely N-dealkylation sites (N-methyl/N-ethyl adjacent to an activating group) is 1. The van der Waals surface area contributed by atoms with E-state index in [4.69, 9.17) is 5.11 Å². The average Bonchev–Trinajstić information content (AvgIpc) is 2.64. The van der Waals surface area contributed by atoms with Crippen molar-refractivity contribution in [2.24, 2.45) is 7.05 Å². The molecule has 1 aromatic rings. The van der Waals surface area contributed by atoms with Gasteiger partial charge in [0, 0.05) is 12.8 Å². The Morgan fingerprint density at radius 3 is 2.81 bits per heavy atom. The second-order valence-electron chi connectivity index (χ2n) is 3.57. The number of aromatic nitrogens is 4. The molecule has 1 heterocycles. The Hall–Kier alpha value is -1.15. The van der Waals surface area contributed by atoms with Crippen LogP contribution in [0.2, 0.25) is 0 Å². The van der Waals surface area contributed by atoms with Gasteiger partial charge in [-0.05, 0) is 30.8 Å². The molecule has 1 aromatic heterocycles. The van der Waals surface area contributed by atoms with E-state index in [9.17, 15) is 4.79 Å². The number of carboxylic acid groups (broad SMARTS) is 1. The smallest absolute Gasteiger partial charge is 0.323 e. The molecule has 7 nitrogen and oxygen atoms in total. The third-order valence-corrected chi connectivity index (χ3v) is 3.45. The predicted molar refractivity (Wildman–Crippen MR) is 59.2 cm³/mol. The highest BCUT2D eigenvalue weighted by atomic mass is 32.2. The third-order valence-electron chi connectivity index (χ3n) is 2.44. The second kappa shape index (κ2) is 5.26. The minimum Gasteiger partial charge on any atom is -0.480 e. The molecular weight excluding hydrogens is 230 g/mol. The summed E-state index contributed by atoms with van der Waals surface area (Å²) in [4.78, 5) is 11.0. The quantitative estimate of drug-likeness (QED) is 0.668. The Bertz CT molecular complexity index is 369. The zero-order valence-corrected chi connectivity index (χ0v) is 10.3. The van der Waals surface area contributed by atoms with Gasteiger partial charge in [0.1, 0.15) is 5.54 Å². The monoisotopic (exact) mass is 245 g/mol. The van der Waals surface area contributed by atoms with Crippen LogP contribution in [0.1, 0.15) is 13.3 Å². The van der Waals surface area contributed by atoms with E-state index < -0.39 is 11.5 Å². The molecule has 1 rings (SSSR count). The number of hydrogen-bond donors (Lipinski definition) is 2. The molecule has 0 saturated carbocycles. The van der Waals surface area contributed by atoms with E-state index in [1.807, 2.05) is 0 Å². The van der Waals surface area contributed by atoms with Gasteiger partial charge >= 0.3 is 5.97 Å². The van der Waals surface area contributed by atoms with Crippen molar-refractivity contribution >= 4 is 17.7 Å². The first kappa shape index (κ1) is 12.9. The Labute approximate surface area is 97.6 Å². The highest BCUT2D eigenvalue weighted by Crippen LogP contribution is 2.18. The number of nitrogens with one attached hydrogen (secondary N) is 1. The summed E-state index contributed by atoms with van der Waals surface area (Å²) in [5.74, 6) is -0.218. The van der Waals surface area contributed by atoms with Crippen LogP contribution >= 0.6 is 11.8 Å². The lowest BCUT2D eigenvalue weighted by molar-refractivity contribution is -0.144. The average molecular weight is 245 g/mol. The van der Waals surface area contributed by atoms with Crippen molar-refractivity contribution in [3.8, 4) is 0 Å². The van der Waals surface area contributed by atoms with E-state index in [1.165, 1.54) is 11.8 Å². The number of aryl methyl sites for hydroxylation is 1. The Kier molecular flexibility index (Phi) is 4.25. The Balaban J connectivity index is 2.46. The number of thioether (sulfide) groups is 1. The van der Waals surface area contributed by atoms with Crippen molar-refractivity contribution in [1.29, 1.82) is 0 Å². The van der Waals surface area contributed by atoms with Gasteiger partial charge in [-0.2, -0.15) is 0 Å². The third kappa shape index (κ3) is 2.92. The molecule has 0 aromatic carbocycles. The number of carboxylic acids is 1. The highest BCUT2D eigenvalue weighted by molar-refractivity contribution is 7.99. The maximum atomic E-state index is 11.0. The lowest BCUT2D eigenvalue weighted by atomic mass is 10.00. The van der Waals surface area contributed by atoms with E-state index >= 15 is 0 Å². The molecule has 16 heavy (non-hydrogen) atoms. The summed E-state index contributed by atoms with van der Waals surface area (Å²) < 4.78 is 1.56.